The fraction of sp³-hybridized carbons (Fsp3) is 0.533. The molecule has 114 valence electrons. The first-order valence-electron chi connectivity index (χ1n) is 6.56. The standard InChI is InChI=1S/C10H11F2NO.C5H12O/c1-2-7(10(13)14)8-4-3-6(11)5-9(8)12;1-5(2)4-6-3/h3-5,7H,2H2,1H3,(H2,13,14);5H,4H2,1-3H3. The largest absolute Gasteiger partial charge is 0.384 e. The van der Waals surface area contributed by atoms with Crippen molar-refractivity contribution in [2.75, 3.05) is 13.7 Å². The maximum atomic E-state index is 13.2. The number of primary amides is 1. The van der Waals surface area contributed by atoms with Crippen molar-refractivity contribution < 1.29 is 18.3 Å². The zero-order chi connectivity index (χ0) is 15.7. The Morgan fingerprint density at radius 3 is 2.25 bits per heavy atom. The van der Waals surface area contributed by atoms with Gasteiger partial charge in [-0.05, 0) is 18.4 Å². The minimum Gasteiger partial charge on any atom is -0.384 e. The van der Waals surface area contributed by atoms with E-state index in [2.05, 4.69) is 13.8 Å². The van der Waals surface area contributed by atoms with Gasteiger partial charge in [0, 0.05) is 25.3 Å². The van der Waals surface area contributed by atoms with Crippen LogP contribution in [0.25, 0.3) is 0 Å². The lowest BCUT2D eigenvalue weighted by atomic mass is 9.95. The summed E-state index contributed by atoms with van der Waals surface area (Å²) in [6, 6.07) is 3.12. The maximum absolute atomic E-state index is 13.2. The van der Waals surface area contributed by atoms with Crippen molar-refractivity contribution in [3.63, 3.8) is 0 Å². The summed E-state index contributed by atoms with van der Waals surface area (Å²) in [6.45, 7) is 6.85. The third-order valence-corrected chi connectivity index (χ3v) is 2.59. The van der Waals surface area contributed by atoms with Crippen LogP contribution >= 0.6 is 0 Å². The normalized spacial score (nSPS) is 11.8. The van der Waals surface area contributed by atoms with Crippen LogP contribution in [-0.2, 0) is 9.53 Å². The summed E-state index contributed by atoms with van der Waals surface area (Å²) < 4.78 is 30.6. The summed E-state index contributed by atoms with van der Waals surface area (Å²) in [4.78, 5) is 10.9. The van der Waals surface area contributed by atoms with Gasteiger partial charge in [-0.15, -0.1) is 0 Å². The summed E-state index contributed by atoms with van der Waals surface area (Å²) in [7, 11) is 1.72. The van der Waals surface area contributed by atoms with E-state index in [4.69, 9.17) is 10.5 Å². The lowest BCUT2D eigenvalue weighted by Crippen LogP contribution is -2.21. The zero-order valence-electron chi connectivity index (χ0n) is 12.5. The van der Waals surface area contributed by atoms with Crippen LogP contribution in [0.2, 0.25) is 0 Å². The Morgan fingerprint density at radius 2 is 1.95 bits per heavy atom. The van der Waals surface area contributed by atoms with Crippen LogP contribution < -0.4 is 5.73 Å². The van der Waals surface area contributed by atoms with Crippen LogP contribution in [0.4, 0.5) is 8.78 Å². The van der Waals surface area contributed by atoms with Gasteiger partial charge in [0.1, 0.15) is 11.6 Å². The fourth-order valence-corrected chi connectivity index (χ4v) is 1.69. The topological polar surface area (TPSA) is 52.3 Å². The number of hydrogen-bond acceptors (Lipinski definition) is 2. The summed E-state index contributed by atoms with van der Waals surface area (Å²) in [5.41, 5.74) is 5.24. The number of carbonyl (C=O) groups is 1. The van der Waals surface area contributed by atoms with Crippen LogP contribution in [0.5, 0.6) is 0 Å². The van der Waals surface area contributed by atoms with Crippen LogP contribution in [0, 0.1) is 17.6 Å². The van der Waals surface area contributed by atoms with Gasteiger partial charge in [0.05, 0.1) is 5.92 Å². The predicted octanol–water partition coefficient (Wildman–Crippen LogP) is 3.23. The Hall–Kier alpha value is -1.49. The monoisotopic (exact) mass is 287 g/mol. The van der Waals surface area contributed by atoms with Gasteiger partial charge in [0.2, 0.25) is 5.91 Å². The highest BCUT2D eigenvalue weighted by Crippen LogP contribution is 2.22. The number of rotatable bonds is 5. The SMILES string of the molecule is CCC(C(N)=O)c1ccc(F)cc1F.COCC(C)C. The zero-order valence-corrected chi connectivity index (χ0v) is 12.5. The van der Waals surface area contributed by atoms with Crippen molar-refractivity contribution in [2.45, 2.75) is 33.1 Å². The summed E-state index contributed by atoms with van der Waals surface area (Å²) in [6.07, 6.45) is 0.401. The lowest BCUT2D eigenvalue weighted by molar-refractivity contribution is -0.119. The van der Waals surface area contributed by atoms with Gasteiger partial charge in [-0.1, -0.05) is 26.8 Å². The number of ether oxygens (including phenoxy) is 1. The molecule has 0 aliphatic heterocycles. The second-order valence-electron chi connectivity index (χ2n) is 4.88. The molecule has 0 fully saturated rings. The van der Waals surface area contributed by atoms with Crippen LogP contribution in [0.3, 0.4) is 0 Å². The minimum atomic E-state index is -0.726. The molecule has 0 aromatic heterocycles. The predicted molar refractivity (Wildman–Crippen MR) is 75.3 cm³/mol. The molecule has 1 rings (SSSR count). The molecule has 2 N–H and O–H groups in total. The van der Waals surface area contributed by atoms with E-state index in [0.717, 1.165) is 18.7 Å². The van der Waals surface area contributed by atoms with E-state index in [-0.39, 0.29) is 5.56 Å². The van der Waals surface area contributed by atoms with E-state index >= 15 is 0 Å². The first-order chi connectivity index (χ1) is 9.33. The summed E-state index contributed by atoms with van der Waals surface area (Å²) >= 11 is 0. The third-order valence-electron chi connectivity index (χ3n) is 2.59. The van der Waals surface area contributed by atoms with Crippen molar-refractivity contribution in [1.29, 1.82) is 0 Å². The molecule has 0 spiro atoms. The Morgan fingerprint density at radius 1 is 1.35 bits per heavy atom. The van der Waals surface area contributed by atoms with E-state index in [0.29, 0.717) is 12.3 Å². The maximum Gasteiger partial charge on any atom is 0.225 e. The van der Waals surface area contributed by atoms with Gasteiger partial charge in [0.25, 0.3) is 0 Å². The quantitative estimate of drug-likeness (QED) is 0.904. The van der Waals surface area contributed by atoms with Gasteiger partial charge in [0.15, 0.2) is 0 Å². The van der Waals surface area contributed by atoms with Gasteiger partial charge in [-0.25, -0.2) is 8.78 Å². The van der Waals surface area contributed by atoms with Crippen molar-refractivity contribution >= 4 is 5.91 Å². The summed E-state index contributed by atoms with van der Waals surface area (Å²) in [5, 5.41) is 0. The molecule has 0 heterocycles. The highest BCUT2D eigenvalue weighted by atomic mass is 19.1. The molecular weight excluding hydrogens is 264 g/mol. The Bertz CT molecular complexity index is 422. The number of hydrogen-bond donors (Lipinski definition) is 1. The van der Waals surface area contributed by atoms with Crippen molar-refractivity contribution in [1.82, 2.24) is 0 Å². The molecule has 1 unspecified atom stereocenters. The Labute approximate surface area is 119 Å². The number of methoxy groups -OCH3 is 1. The average molecular weight is 287 g/mol. The molecule has 0 saturated carbocycles. The Kier molecular flexibility index (Phi) is 8.72. The van der Waals surface area contributed by atoms with Crippen molar-refractivity contribution in [3.05, 3.63) is 35.4 Å². The molecule has 0 radical (unpaired) electrons. The van der Waals surface area contributed by atoms with Gasteiger partial charge in [-0.3, -0.25) is 4.79 Å². The van der Waals surface area contributed by atoms with Gasteiger partial charge >= 0.3 is 0 Å². The molecule has 1 amide bonds. The number of nitrogens with two attached hydrogens (primary N) is 1. The highest BCUT2D eigenvalue weighted by molar-refractivity contribution is 5.81. The molecule has 0 saturated heterocycles. The van der Waals surface area contributed by atoms with E-state index < -0.39 is 23.5 Å². The molecule has 1 aromatic rings. The molecule has 20 heavy (non-hydrogen) atoms. The van der Waals surface area contributed by atoms with Crippen LogP contribution in [0.1, 0.15) is 38.7 Å². The lowest BCUT2D eigenvalue weighted by Gasteiger charge is -2.11. The molecular formula is C15H23F2NO2. The first-order valence-corrected chi connectivity index (χ1v) is 6.56. The first kappa shape index (κ1) is 18.5. The average Bonchev–Trinajstić information content (AvgIpc) is 2.33. The fourth-order valence-electron chi connectivity index (χ4n) is 1.69. The van der Waals surface area contributed by atoms with Gasteiger partial charge < -0.3 is 10.5 Å². The highest BCUT2D eigenvalue weighted by Gasteiger charge is 2.19. The van der Waals surface area contributed by atoms with E-state index in [1.54, 1.807) is 14.0 Å². The van der Waals surface area contributed by atoms with Crippen LogP contribution in [-0.4, -0.2) is 19.6 Å². The third kappa shape index (κ3) is 6.61. The van der Waals surface area contributed by atoms with E-state index in [1.807, 2.05) is 0 Å². The van der Waals surface area contributed by atoms with E-state index in [1.165, 1.54) is 6.07 Å². The van der Waals surface area contributed by atoms with Crippen molar-refractivity contribution in [3.8, 4) is 0 Å². The molecule has 0 aliphatic rings. The molecule has 5 heteroatoms. The number of halogens is 2. The molecule has 0 aliphatic carbocycles. The number of amides is 1. The van der Waals surface area contributed by atoms with Crippen LogP contribution in [0.15, 0.2) is 18.2 Å². The second kappa shape index (κ2) is 9.42. The second-order valence-corrected chi connectivity index (χ2v) is 4.88. The summed E-state index contributed by atoms with van der Waals surface area (Å²) in [5.74, 6) is -2.00. The van der Waals surface area contributed by atoms with Gasteiger partial charge in [-0.2, -0.15) is 0 Å². The number of benzene rings is 1. The number of carbonyl (C=O) groups excluding carboxylic acids is 1. The molecule has 0 bridgehead atoms. The van der Waals surface area contributed by atoms with Crippen molar-refractivity contribution in [2.24, 2.45) is 11.7 Å². The Balaban J connectivity index is 0.000000511. The van der Waals surface area contributed by atoms with E-state index in [9.17, 15) is 13.6 Å². The smallest absolute Gasteiger partial charge is 0.225 e. The molecule has 1 atom stereocenters. The molecule has 3 nitrogen and oxygen atoms in total. The molecule has 1 aromatic carbocycles. The minimum absolute atomic E-state index is 0.154.